The number of carbonyl (C=O) groups excluding carboxylic acids is 1. The monoisotopic (exact) mass is 249 g/mol. The average Bonchev–Trinajstić information content (AvgIpc) is 2.83. The zero-order chi connectivity index (χ0) is 13.1. The molecule has 0 fully saturated rings. The van der Waals surface area contributed by atoms with Crippen molar-refractivity contribution in [3.05, 3.63) is 34.0 Å². The smallest absolute Gasteiger partial charge is 0.293 e. The summed E-state index contributed by atoms with van der Waals surface area (Å²) in [6.45, 7) is 2.07. The van der Waals surface area contributed by atoms with Crippen LogP contribution in [0.5, 0.6) is 5.75 Å². The fourth-order valence-electron chi connectivity index (χ4n) is 1.90. The average molecular weight is 249 g/mol. The van der Waals surface area contributed by atoms with Gasteiger partial charge in [-0.3, -0.25) is 9.59 Å². The molecule has 0 atom stereocenters. The Morgan fingerprint density at radius 3 is 2.89 bits per heavy atom. The van der Waals surface area contributed by atoms with Gasteiger partial charge in [0.2, 0.25) is 5.75 Å². The third-order valence-corrected chi connectivity index (χ3v) is 2.89. The minimum Gasteiger partial charge on any atom is -0.501 e. The Bertz CT molecular complexity index is 540. The van der Waals surface area contributed by atoms with E-state index in [0.29, 0.717) is 18.3 Å². The summed E-state index contributed by atoms with van der Waals surface area (Å²) >= 11 is 0. The first-order valence-electron chi connectivity index (χ1n) is 5.81. The summed E-state index contributed by atoms with van der Waals surface area (Å²) in [5.74, 6) is -0.471. The Morgan fingerprint density at radius 1 is 1.56 bits per heavy atom. The van der Waals surface area contributed by atoms with E-state index < -0.39 is 17.2 Å². The molecule has 0 aliphatic heterocycles. The normalized spacial score (nSPS) is 14.9. The lowest BCUT2D eigenvalue weighted by Crippen LogP contribution is -2.30. The van der Waals surface area contributed by atoms with Crippen LogP contribution in [0.2, 0.25) is 0 Å². The SMILES string of the molecule is Cc1nc(C(=O)NCC2CC=CC2)c(O)c(=O)[nH]1. The summed E-state index contributed by atoms with van der Waals surface area (Å²) < 4.78 is 0. The number of aromatic amines is 1. The van der Waals surface area contributed by atoms with Crippen molar-refractivity contribution in [3.63, 3.8) is 0 Å². The predicted octanol–water partition coefficient (Wildman–Crippen LogP) is 0.480. The van der Waals surface area contributed by atoms with Crippen LogP contribution in [-0.4, -0.2) is 27.5 Å². The Hall–Kier alpha value is -2.11. The van der Waals surface area contributed by atoms with Gasteiger partial charge in [-0.25, -0.2) is 4.98 Å². The van der Waals surface area contributed by atoms with Crippen LogP contribution in [0.3, 0.4) is 0 Å². The molecule has 1 aliphatic carbocycles. The number of hydrogen-bond acceptors (Lipinski definition) is 4. The van der Waals surface area contributed by atoms with Gasteiger partial charge in [-0.15, -0.1) is 0 Å². The first-order valence-corrected chi connectivity index (χ1v) is 5.81. The van der Waals surface area contributed by atoms with Gasteiger partial charge >= 0.3 is 0 Å². The summed E-state index contributed by atoms with van der Waals surface area (Å²) in [5.41, 5.74) is -0.919. The Morgan fingerprint density at radius 2 is 2.22 bits per heavy atom. The van der Waals surface area contributed by atoms with E-state index in [1.807, 2.05) is 0 Å². The zero-order valence-corrected chi connectivity index (χ0v) is 10.1. The number of nitrogens with zero attached hydrogens (tertiary/aromatic N) is 1. The summed E-state index contributed by atoms with van der Waals surface area (Å²) in [4.78, 5) is 29.3. The third-order valence-electron chi connectivity index (χ3n) is 2.89. The third kappa shape index (κ3) is 2.58. The molecule has 0 bridgehead atoms. The minimum atomic E-state index is -0.699. The lowest BCUT2D eigenvalue weighted by Gasteiger charge is -2.10. The van der Waals surface area contributed by atoms with Crippen LogP contribution in [0.25, 0.3) is 0 Å². The van der Waals surface area contributed by atoms with Gasteiger partial charge in [0.1, 0.15) is 5.82 Å². The molecule has 1 aliphatic rings. The van der Waals surface area contributed by atoms with E-state index in [1.54, 1.807) is 6.92 Å². The zero-order valence-electron chi connectivity index (χ0n) is 10.1. The standard InChI is InChI=1S/C12H15N3O3/c1-7-14-9(10(16)12(18)15-7)11(17)13-6-8-4-2-3-5-8/h2-3,8,16H,4-6H2,1H3,(H,13,17)(H,14,15,18). The molecule has 3 N–H and O–H groups in total. The molecule has 0 unspecified atom stereocenters. The number of aromatic nitrogens is 2. The van der Waals surface area contributed by atoms with Crippen LogP contribution in [0.4, 0.5) is 0 Å². The van der Waals surface area contributed by atoms with Gasteiger partial charge in [0.15, 0.2) is 5.69 Å². The summed E-state index contributed by atoms with van der Waals surface area (Å²) in [6, 6.07) is 0. The second kappa shape index (κ2) is 5.03. The number of aromatic hydroxyl groups is 1. The number of amides is 1. The number of nitrogens with one attached hydrogen (secondary N) is 2. The Balaban J connectivity index is 2.06. The van der Waals surface area contributed by atoms with Crippen molar-refractivity contribution in [2.75, 3.05) is 6.54 Å². The highest BCUT2D eigenvalue weighted by atomic mass is 16.3. The van der Waals surface area contributed by atoms with Crippen LogP contribution < -0.4 is 10.9 Å². The molecule has 0 radical (unpaired) electrons. The largest absolute Gasteiger partial charge is 0.501 e. The molecule has 1 aromatic heterocycles. The number of carbonyl (C=O) groups is 1. The van der Waals surface area contributed by atoms with Gasteiger partial charge in [-0.1, -0.05) is 12.2 Å². The van der Waals surface area contributed by atoms with Crippen molar-refractivity contribution in [2.45, 2.75) is 19.8 Å². The number of H-pyrrole nitrogens is 1. The summed E-state index contributed by atoms with van der Waals surface area (Å²) in [7, 11) is 0. The number of rotatable bonds is 3. The van der Waals surface area contributed by atoms with Gasteiger partial charge in [0.05, 0.1) is 0 Å². The lowest BCUT2D eigenvalue weighted by atomic mass is 10.1. The maximum Gasteiger partial charge on any atom is 0.293 e. The second-order valence-electron chi connectivity index (χ2n) is 4.37. The minimum absolute atomic E-state index is 0.220. The van der Waals surface area contributed by atoms with E-state index in [9.17, 15) is 14.7 Å². The molecule has 0 spiro atoms. The van der Waals surface area contributed by atoms with Crippen molar-refractivity contribution in [1.82, 2.24) is 15.3 Å². The van der Waals surface area contributed by atoms with E-state index in [-0.39, 0.29) is 5.69 Å². The summed E-state index contributed by atoms with van der Waals surface area (Å²) in [5, 5.41) is 12.2. The van der Waals surface area contributed by atoms with Gasteiger partial charge < -0.3 is 15.4 Å². The van der Waals surface area contributed by atoms with Crippen LogP contribution in [0.1, 0.15) is 29.2 Å². The van der Waals surface area contributed by atoms with Crippen LogP contribution >= 0.6 is 0 Å². The maximum absolute atomic E-state index is 11.8. The van der Waals surface area contributed by atoms with E-state index in [1.165, 1.54) is 0 Å². The first kappa shape index (κ1) is 12.3. The van der Waals surface area contributed by atoms with Crippen LogP contribution in [-0.2, 0) is 0 Å². The lowest BCUT2D eigenvalue weighted by molar-refractivity contribution is 0.0939. The molecular weight excluding hydrogens is 234 g/mol. The van der Waals surface area contributed by atoms with E-state index >= 15 is 0 Å². The topological polar surface area (TPSA) is 95.1 Å². The number of aryl methyl sites for hydroxylation is 1. The molecule has 96 valence electrons. The number of hydrogen-bond donors (Lipinski definition) is 3. The van der Waals surface area contributed by atoms with Crippen LogP contribution in [0, 0.1) is 12.8 Å². The molecule has 1 aromatic rings. The molecule has 0 saturated heterocycles. The molecule has 2 rings (SSSR count). The Labute approximate surface area is 104 Å². The van der Waals surface area contributed by atoms with E-state index in [0.717, 1.165) is 12.8 Å². The van der Waals surface area contributed by atoms with Crippen molar-refractivity contribution < 1.29 is 9.90 Å². The van der Waals surface area contributed by atoms with Crippen molar-refractivity contribution in [3.8, 4) is 5.75 Å². The molecule has 0 aromatic carbocycles. The predicted molar refractivity (Wildman–Crippen MR) is 65.5 cm³/mol. The first-order chi connectivity index (χ1) is 8.58. The highest BCUT2D eigenvalue weighted by molar-refractivity contribution is 5.94. The molecule has 6 nitrogen and oxygen atoms in total. The quantitative estimate of drug-likeness (QED) is 0.679. The van der Waals surface area contributed by atoms with Crippen molar-refractivity contribution in [2.24, 2.45) is 5.92 Å². The molecular formula is C12H15N3O3. The van der Waals surface area contributed by atoms with E-state index in [2.05, 4.69) is 27.4 Å². The molecule has 1 amide bonds. The van der Waals surface area contributed by atoms with Gasteiger partial charge in [0, 0.05) is 6.54 Å². The fourth-order valence-corrected chi connectivity index (χ4v) is 1.90. The second-order valence-corrected chi connectivity index (χ2v) is 4.37. The van der Waals surface area contributed by atoms with E-state index in [4.69, 9.17) is 0 Å². The molecule has 6 heteroatoms. The highest BCUT2D eigenvalue weighted by Gasteiger charge is 2.18. The number of allylic oxidation sites excluding steroid dienone is 2. The highest BCUT2D eigenvalue weighted by Crippen LogP contribution is 2.16. The van der Waals surface area contributed by atoms with Crippen molar-refractivity contribution in [1.29, 1.82) is 0 Å². The van der Waals surface area contributed by atoms with Gasteiger partial charge in [-0.2, -0.15) is 0 Å². The molecule has 1 heterocycles. The van der Waals surface area contributed by atoms with Gasteiger partial charge in [0.25, 0.3) is 11.5 Å². The van der Waals surface area contributed by atoms with Crippen LogP contribution in [0.15, 0.2) is 16.9 Å². The Kier molecular flexibility index (Phi) is 3.45. The fraction of sp³-hybridized carbons (Fsp3) is 0.417. The summed E-state index contributed by atoms with van der Waals surface area (Å²) in [6.07, 6.45) is 6.02. The van der Waals surface area contributed by atoms with Gasteiger partial charge in [-0.05, 0) is 25.7 Å². The molecule has 18 heavy (non-hydrogen) atoms. The maximum atomic E-state index is 11.8. The molecule has 0 saturated carbocycles. The van der Waals surface area contributed by atoms with Crippen molar-refractivity contribution >= 4 is 5.91 Å².